The predicted octanol–water partition coefficient (Wildman–Crippen LogP) is 6.62. The molecule has 170 valence electrons. The van der Waals surface area contributed by atoms with Gasteiger partial charge in [-0.15, -0.1) is 0 Å². The maximum atomic E-state index is 10.2. The van der Waals surface area contributed by atoms with Gasteiger partial charge in [0, 0.05) is 0 Å². The van der Waals surface area contributed by atoms with Crippen molar-refractivity contribution < 1.29 is 9.84 Å². The van der Waals surface area contributed by atoms with E-state index in [0.29, 0.717) is 40.8 Å². The van der Waals surface area contributed by atoms with E-state index in [-0.39, 0.29) is 6.10 Å². The lowest BCUT2D eigenvalue weighted by atomic mass is 9.47. The number of aliphatic hydroxyl groups is 1. The van der Waals surface area contributed by atoms with Crippen LogP contribution in [0.4, 0.5) is 0 Å². The average Bonchev–Trinajstić information content (AvgIpc) is 3.42. The van der Waals surface area contributed by atoms with Gasteiger partial charge in [0.1, 0.15) is 0 Å². The van der Waals surface area contributed by atoms with E-state index < -0.39 is 0 Å². The summed E-state index contributed by atoms with van der Waals surface area (Å²) in [6.45, 7) is 14.8. The molecule has 1 N–H and O–H groups in total. The number of rotatable bonds is 4. The molecule has 0 amide bonds. The minimum absolute atomic E-state index is 0.0915. The predicted molar refractivity (Wildman–Crippen MR) is 123 cm³/mol. The molecular weight excluding hydrogens is 368 g/mol. The van der Waals surface area contributed by atoms with Crippen molar-refractivity contribution in [1.29, 1.82) is 0 Å². The van der Waals surface area contributed by atoms with Crippen molar-refractivity contribution in [2.24, 2.45) is 52.3 Å². The summed E-state index contributed by atoms with van der Waals surface area (Å²) in [7, 11) is 0. The molecule has 2 heteroatoms. The monoisotopic (exact) mass is 414 g/mol. The Morgan fingerprint density at radius 2 is 1.73 bits per heavy atom. The van der Waals surface area contributed by atoms with Crippen LogP contribution in [0.5, 0.6) is 0 Å². The highest BCUT2D eigenvalue weighted by molar-refractivity contribution is 5.25. The number of hydrogen-bond donors (Lipinski definition) is 1. The topological polar surface area (TPSA) is 32.8 Å². The van der Waals surface area contributed by atoms with Gasteiger partial charge >= 0.3 is 0 Å². The van der Waals surface area contributed by atoms with Crippen molar-refractivity contribution in [2.45, 2.75) is 111 Å². The molecule has 4 fully saturated rings. The summed E-state index contributed by atoms with van der Waals surface area (Å²) in [5.41, 5.74) is 2.48. The summed E-state index contributed by atoms with van der Waals surface area (Å²) in [6, 6.07) is 0. The molecule has 1 heterocycles. The lowest BCUT2D eigenvalue weighted by Gasteiger charge is -2.58. The highest BCUT2D eigenvalue weighted by Crippen LogP contribution is 2.67. The van der Waals surface area contributed by atoms with Crippen molar-refractivity contribution in [1.82, 2.24) is 0 Å². The molecule has 3 saturated carbocycles. The molecule has 30 heavy (non-hydrogen) atoms. The second kappa shape index (κ2) is 7.34. The van der Waals surface area contributed by atoms with E-state index in [9.17, 15) is 5.11 Å². The summed E-state index contributed by atoms with van der Waals surface area (Å²) < 4.78 is 6.31. The van der Waals surface area contributed by atoms with Crippen LogP contribution in [0.25, 0.3) is 0 Å². The molecular formula is C28H46O2. The molecule has 0 aromatic carbocycles. The SMILES string of the molecule is CC(C)C(C)C1OC1C(C)[C@H]1CC[C@H]2[C@@H]3CC=C4C[C@@H](O)CC[C@]4(C)[C@H]3CC[C@]12C. The minimum Gasteiger partial charge on any atom is -0.393 e. The highest BCUT2D eigenvalue weighted by Gasteiger charge is 2.61. The molecule has 0 aromatic rings. The van der Waals surface area contributed by atoms with Gasteiger partial charge in [0.25, 0.3) is 0 Å². The van der Waals surface area contributed by atoms with Crippen LogP contribution in [0.3, 0.4) is 0 Å². The van der Waals surface area contributed by atoms with Crippen LogP contribution >= 0.6 is 0 Å². The number of ether oxygens (including phenoxy) is 1. The zero-order chi connectivity index (χ0) is 21.4. The quantitative estimate of drug-likeness (QED) is 0.414. The average molecular weight is 415 g/mol. The number of hydrogen-bond acceptors (Lipinski definition) is 2. The van der Waals surface area contributed by atoms with Crippen LogP contribution in [0.15, 0.2) is 11.6 Å². The minimum atomic E-state index is -0.0915. The normalized spacial score (nSPS) is 52.1. The van der Waals surface area contributed by atoms with Gasteiger partial charge in [0.05, 0.1) is 18.3 Å². The lowest BCUT2D eigenvalue weighted by molar-refractivity contribution is -0.0582. The maximum absolute atomic E-state index is 10.2. The third-order valence-corrected chi connectivity index (χ3v) is 11.4. The zero-order valence-electron chi connectivity index (χ0n) is 20.4. The van der Waals surface area contributed by atoms with Crippen LogP contribution in [0, 0.1) is 52.3 Å². The van der Waals surface area contributed by atoms with E-state index >= 15 is 0 Å². The molecule has 0 radical (unpaired) electrons. The highest BCUT2D eigenvalue weighted by atomic mass is 16.6. The Morgan fingerprint density at radius 1 is 0.967 bits per heavy atom. The Morgan fingerprint density at radius 3 is 2.47 bits per heavy atom. The van der Waals surface area contributed by atoms with Gasteiger partial charge in [-0.3, -0.25) is 0 Å². The summed E-state index contributed by atoms with van der Waals surface area (Å²) >= 11 is 0. The Labute approximate surface area is 185 Å². The van der Waals surface area contributed by atoms with Gasteiger partial charge in [-0.25, -0.2) is 0 Å². The van der Waals surface area contributed by atoms with E-state index in [4.69, 9.17) is 4.74 Å². The number of epoxide rings is 1. The molecule has 2 nitrogen and oxygen atoms in total. The molecule has 5 rings (SSSR count). The zero-order valence-corrected chi connectivity index (χ0v) is 20.4. The van der Waals surface area contributed by atoms with Gasteiger partial charge in [0.2, 0.25) is 0 Å². The molecule has 1 saturated heterocycles. The van der Waals surface area contributed by atoms with Crippen molar-refractivity contribution >= 4 is 0 Å². The first-order chi connectivity index (χ1) is 14.2. The molecule has 11 atom stereocenters. The molecule has 4 aliphatic carbocycles. The first kappa shape index (κ1) is 21.5. The van der Waals surface area contributed by atoms with Gasteiger partial charge in [-0.1, -0.05) is 53.2 Å². The molecule has 0 spiro atoms. The Hall–Kier alpha value is -0.340. The molecule has 0 bridgehead atoms. The third kappa shape index (κ3) is 3.10. The van der Waals surface area contributed by atoms with Gasteiger partial charge in [-0.05, 0) is 104 Å². The Balaban J connectivity index is 1.34. The van der Waals surface area contributed by atoms with Crippen molar-refractivity contribution in [3.8, 4) is 0 Å². The number of aliphatic hydroxyl groups excluding tert-OH is 1. The summed E-state index contributed by atoms with van der Waals surface area (Å²) in [5.74, 6) is 5.56. The van der Waals surface area contributed by atoms with Crippen LogP contribution in [0.2, 0.25) is 0 Å². The second-order valence-corrected chi connectivity index (χ2v) is 12.9. The maximum Gasteiger partial charge on any atom is 0.0873 e. The van der Waals surface area contributed by atoms with Crippen LogP contribution in [-0.4, -0.2) is 23.4 Å². The summed E-state index contributed by atoms with van der Waals surface area (Å²) in [6.07, 6.45) is 13.6. The molecule has 4 unspecified atom stereocenters. The third-order valence-electron chi connectivity index (χ3n) is 11.4. The van der Waals surface area contributed by atoms with E-state index in [1.807, 2.05) is 0 Å². The molecule has 5 aliphatic rings. The summed E-state index contributed by atoms with van der Waals surface area (Å²) in [4.78, 5) is 0. The number of allylic oxidation sites excluding steroid dienone is 1. The van der Waals surface area contributed by atoms with E-state index in [1.165, 1.54) is 38.5 Å². The standard InChI is InChI=1S/C28H46O2/c1-16(2)17(3)25-26(30-25)18(4)22-9-10-23-21-8-7-19-15-20(29)11-13-27(19,5)24(21)12-14-28(22,23)6/h7,16-18,20-26,29H,8-15H2,1-6H3/t17?,18?,20-,21-,22+,23-,24-,25?,26?,27-,28+/m0/s1. The van der Waals surface area contributed by atoms with E-state index in [1.54, 1.807) is 5.57 Å². The smallest absolute Gasteiger partial charge is 0.0873 e. The Bertz CT molecular complexity index is 697. The molecule has 1 aliphatic heterocycles. The fourth-order valence-electron chi connectivity index (χ4n) is 9.14. The van der Waals surface area contributed by atoms with Crippen LogP contribution in [0.1, 0.15) is 92.9 Å². The fourth-order valence-corrected chi connectivity index (χ4v) is 9.14. The second-order valence-electron chi connectivity index (χ2n) is 12.9. The van der Waals surface area contributed by atoms with Crippen molar-refractivity contribution in [3.05, 3.63) is 11.6 Å². The van der Waals surface area contributed by atoms with E-state index in [0.717, 1.165) is 36.5 Å². The molecule has 0 aromatic heterocycles. The van der Waals surface area contributed by atoms with Gasteiger partial charge in [-0.2, -0.15) is 0 Å². The van der Waals surface area contributed by atoms with Crippen LogP contribution in [-0.2, 0) is 4.74 Å². The lowest BCUT2D eigenvalue weighted by Crippen LogP contribution is -2.51. The summed E-state index contributed by atoms with van der Waals surface area (Å²) in [5, 5.41) is 10.2. The first-order valence-electron chi connectivity index (χ1n) is 13.2. The van der Waals surface area contributed by atoms with Crippen LogP contribution < -0.4 is 0 Å². The fraction of sp³-hybridized carbons (Fsp3) is 0.929. The van der Waals surface area contributed by atoms with E-state index in [2.05, 4.69) is 47.6 Å². The number of fused-ring (bicyclic) bond motifs is 5. The van der Waals surface area contributed by atoms with Gasteiger partial charge in [0.15, 0.2) is 0 Å². The Kier molecular flexibility index (Phi) is 5.26. The van der Waals surface area contributed by atoms with Crippen molar-refractivity contribution in [2.75, 3.05) is 0 Å². The first-order valence-corrected chi connectivity index (χ1v) is 13.2. The van der Waals surface area contributed by atoms with Gasteiger partial charge < -0.3 is 9.84 Å². The van der Waals surface area contributed by atoms with Crippen molar-refractivity contribution in [3.63, 3.8) is 0 Å². The largest absolute Gasteiger partial charge is 0.393 e.